The number of aromatic nitrogens is 6. The van der Waals surface area contributed by atoms with Gasteiger partial charge in [0.2, 0.25) is 11.9 Å². The van der Waals surface area contributed by atoms with Gasteiger partial charge in [0, 0.05) is 11.8 Å². The van der Waals surface area contributed by atoms with E-state index in [9.17, 15) is 4.39 Å². The molecule has 4 aromatic heterocycles. The van der Waals surface area contributed by atoms with Gasteiger partial charge in [0.15, 0.2) is 5.82 Å². The molecule has 4 heterocycles. The Morgan fingerprint density at radius 3 is 2.71 bits per heavy atom. The summed E-state index contributed by atoms with van der Waals surface area (Å²) in [5.74, 6) is 1.38. The zero-order valence-electron chi connectivity index (χ0n) is 15.5. The van der Waals surface area contributed by atoms with E-state index in [-0.39, 0.29) is 17.8 Å². The zero-order chi connectivity index (χ0) is 19.7. The number of nitrogens with zero attached hydrogens (tertiary/aromatic N) is 6. The van der Waals surface area contributed by atoms with Crippen LogP contribution in [0.1, 0.15) is 30.9 Å². The lowest BCUT2D eigenvalue weighted by Gasteiger charge is -2.17. The van der Waals surface area contributed by atoms with Gasteiger partial charge in [-0.25, -0.2) is 9.37 Å². The van der Waals surface area contributed by atoms with Crippen molar-refractivity contribution in [1.82, 2.24) is 29.3 Å². The Hall–Kier alpha value is -3.62. The van der Waals surface area contributed by atoms with Crippen LogP contribution in [0.5, 0.6) is 0 Å². The molecule has 4 aromatic rings. The zero-order valence-corrected chi connectivity index (χ0v) is 15.5. The maximum atomic E-state index is 13.2. The molecule has 0 radical (unpaired) electrons. The van der Waals surface area contributed by atoms with Crippen molar-refractivity contribution in [2.75, 3.05) is 11.1 Å². The topological polar surface area (TPSA) is 107 Å². The van der Waals surface area contributed by atoms with Crippen LogP contribution < -0.4 is 11.1 Å². The van der Waals surface area contributed by atoms with Gasteiger partial charge in [-0.3, -0.25) is 4.98 Å². The third kappa shape index (κ3) is 3.46. The number of hydrogen-bond acceptors (Lipinski definition) is 7. The monoisotopic (exact) mass is 378 g/mol. The number of hydrogen-bond donors (Lipinski definition) is 2. The minimum Gasteiger partial charge on any atom is -0.368 e. The highest BCUT2D eigenvalue weighted by atomic mass is 19.1. The Kier molecular flexibility index (Phi) is 4.56. The third-order valence-electron chi connectivity index (χ3n) is 4.44. The van der Waals surface area contributed by atoms with E-state index >= 15 is 0 Å². The van der Waals surface area contributed by atoms with Crippen molar-refractivity contribution < 1.29 is 4.39 Å². The van der Waals surface area contributed by atoms with E-state index in [0.29, 0.717) is 23.9 Å². The molecular formula is C19H19FN8. The van der Waals surface area contributed by atoms with Crippen LogP contribution in [0, 0.1) is 12.7 Å². The van der Waals surface area contributed by atoms with Crippen LogP contribution in [0.25, 0.3) is 16.9 Å². The standard InChI is InChI=1S/C19H19FN8/c1-3-15(16-7-5-13(20)8-23-16)24-19-26-17(25-18(21)27-19)12-4-6-14-9-22-11(2)28(14)10-12/h4-10,15H,3H2,1-2H3,(H3,21,24,25,26,27). The SMILES string of the molecule is CCC(Nc1nc(N)nc(-c2ccc3cnc(C)n3c2)n1)c1ccc(F)cn1. The van der Waals surface area contributed by atoms with E-state index < -0.39 is 0 Å². The first-order valence-electron chi connectivity index (χ1n) is 8.87. The fraction of sp³-hybridized carbons (Fsp3) is 0.211. The van der Waals surface area contributed by atoms with Gasteiger partial charge in [-0.15, -0.1) is 0 Å². The number of nitrogens with one attached hydrogen (secondary N) is 1. The molecule has 28 heavy (non-hydrogen) atoms. The molecule has 0 aliphatic rings. The largest absolute Gasteiger partial charge is 0.368 e. The Morgan fingerprint density at radius 2 is 1.96 bits per heavy atom. The highest BCUT2D eigenvalue weighted by Gasteiger charge is 2.15. The number of rotatable bonds is 5. The van der Waals surface area contributed by atoms with E-state index in [4.69, 9.17) is 5.73 Å². The quantitative estimate of drug-likeness (QED) is 0.549. The molecule has 0 amide bonds. The summed E-state index contributed by atoms with van der Waals surface area (Å²) >= 11 is 0. The highest BCUT2D eigenvalue weighted by Crippen LogP contribution is 2.23. The second kappa shape index (κ2) is 7.18. The summed E-state index contributed by atoms with van der Waals surface area (Å²) < 4.78 is 15.1. The van der Waals surface area contributed by atoms with Gasteiger partial charge < -0.3 is 15.5 Å². The molecule has 0 bridgehead atoms. The number of aryl methyl sites for hydroxylation is 1. The van der Waals surface area contributed by atoms with Gasteiger partial charge >= 0.3 is 0 Å². The number of halogens is 1. The minimum absolute atomic E-state index is 0.108. The number of imidazole rings is 1. The molecule has 0 saturated heterocycles. The van der Waals surface area contributed by atoms with Crippen LogP contribution in [0.15, 0.2) is 42.9 Å². The van der Waals surface area contributed by atoms with Crippen LogP contribution in [-0.4, -0.2) is 29.3 Å². The van der Waals surface area contributed by atoms with Crippen LogP contribution in [0.2, 0.25) is 0 Å². The minimum atomic E-state index is -0.379. The van der Waals surface area contributed by atoms with E-state index in [2.05, 4.69) is 30.2 Å². The second-order valence-corrected chi connectivity index (χ2v) is 6.37. The fourth-order valence-electron chi connectivity index (χ4n) is 2.97. The van der Waals surface area contributed by atoms with Gasteiger partial charge in [0.1, 0.15) is 11.6 Å². The van der Waals surface area contributed by atoms with Gasteiger partial charge in [-0.2, -0.15) is 15.0 Å². The molecular weight excluding hydrogens is 359 g/mol. The van der Waals surface area contributed by atoms with Crippen molar-refractivity contribution in [1.29, 1.82) is 0 Å². The average molecular weight is 378 g/mol. The van der Waals surface area contributed by atoms with Gasteiger partial charge in [0.05, 0.1) is 29.6 Å². The molecule has 9 heteroatoms. The molecule has 3 N–H and O–H groups in total. The fourth-order valence-corrected chi connectivity index (χ4v) is 2.97. The predicted octanol–water partition coefficient (Wildman–Crippen LogP) is 3.17. The Morgan fingerprint density at radius 1 is 1.11 bits per heavy atom. The van der Waals surface area contributed by atoms with Crippen molar-refractivity contribution in [3.8, 4) is 11.4 Å². The average Bonchev–Trinajstić information content (AvgIpc) is 3.07. The summed E-state index contributed by atoms with van der Waals surface area (Å²) in [5.41, 5.74) is 8.37. The van der Waals surface area contributed by atoms with E-state index in [1.165, 1.54) is 12.3 Å². The van der Waals surface area contributed by atoms with Crippen LogP contribution in [0.4, 0.5) is 16.3 Å². The third-order valence-corrected chi connectivity index (χ3v) is 4.44. The lowest BCUT2D eigenvalue weighted by Crippen LogP contribution is -2.15. The molecule has 0 spiro atoms. The van der Waals surface area contributed by atoms with Crippen molar-refractivity contribution in [2.45, 2.75) is 26.3 Å². The number of pyridine rings is 2. The van der Waals surface area contributed by atoms with Gasteiger partial charge in [0.25, 0.3) is 0 Å². The molecule has 8 nitrogen and oxygen atoms in total. The Balaban J connectivity index is 1.67. The van der Waals surface area contributed by atoms with E-state index in [0.717, 1.165) is 16.9 Å². The first-order chi connectivity index (χ1) is 13.5. The summed E-state index contributed by atoms with van der Waals surface area (Å²) in [6.45, 7) is 3.91. The van der Waals surface area contributed by atoms with Gasteiger partial charge in [-0.05, 0) is 37.6 Å². The number of fused-ring (bicyclic) bond motifs is 1. The predicted molar refractivity (Wildman–Crippen MR) is 104 cm³/mol. The first kappa shape index (κ1) is 17.8. The van der Waals surface area contributed by atoms with Crippen molar-refractivity contribution in [3.05, 3.63) is 60.2 Å². The normalized spacial score (nSPS) is 12.2. The number of nitrogen functional groups attached to an aromatic ring is 1. The molecule has 0 aromatic carbocycles. The molecule has 1 unspecified atom stereocenters. The summed E-state index contributed by atoms with van der Waals surface area (Å²) in [4.78, 5) is 21.4. The summed E-state index contributed by atoms with van der Waals surface area (Å²) in [7, 11) is 0. The molecule has 142 valence electrons. The summed E-state index contributed by atoms with van der Waals surface area (Å²) in [5, 5.41) is 3.21. The van der Waals surface area contributed by atoms with Crippen molar-refractivity contribution in [3.63, 3.8) is 0 Å². The summed E-state index contributed by atoms with van der Waals surface area (Å²) in [6.07, 6.45) is 5.61. The van der Waals surface area contributed by atoms with Crippen LogP contribution >= 0.6 is 0 Å². The van der Waals surface area contributed by atoms with E-state index in [1.807, 2.05) is 36.6 Å². The maximum Gasteiger partial charge on any atom is 0.228 e. The lowest BCUT2D eigenvalue weighted by atomic mass is 10.1. The van der Waals surface area contributed by atoms with Crippen molar-refractivity contribution >= 4 is 17.4 Å². The van der Waals surface area contributed by atoms with Crippen molar-refractivity contribution in [2.24, 2.45) is 0 Å². The maximum absolute atomic E-state index is 13.2. The molecule has 4 rings (SSSR count). The lowest BCUT2D eigenvalue weighted by molar-refractivity contribution is 0.614. The van der Waals surface area contributed by atoms with Gasteiger partial charge in [-0.1, -0.05) is 6.92 Å². The Bertz CT molecular complexity index is 1120. The van der Waals surface area contributed by atoms with Crippen LogP contribution in [0.3, 0.4) is 0 Å². The highest BCUT2D eigenvalue weighted by molar-refractivity contribution is 5.61. The number of nitrogens with two attached hydrogens (primary N) is 1. The molecule has 0 saturated carbocycles. The second-order valence-electron chi connectivity index (χ2n) is 6.37. The first-order valence-corrected chi connectivity index (χ1v) is 8.87. The smallest absolute Gasteiger partial charge is 0.228 e. The molecule has 1 atom stereocenters. The molecule has 0 aliphatic heterocycles. The number of anilines is 2. The summed E-state index contributed by atoms with van der Waals surface area (Å²) in [6, 6.07) is 6.68. The van der Waals surface area contributed by atoms with Crippen LogP contribution in [-0.2, 0) is 0 Å². The molecule has 0 aliphatic carbocycles. The molecule has 0 fully saturated rings. The Labute approximate surface area is 160 Å². The van der Waals surface area contributed by atoms with E-state index in [1.54, 1.807) is 12.3 Å².